The van der Waals surface area contributed by atoms with E-state index in [0.29, 0.717) is 0 Å². The summed E-state index contributed by atoms with van der Waals surface area (Å²) in [7, 11) is 0. The van der Waals surface area contributed by atoms with Crippen molar-refractivity contribution in [2.75, 3.05) is 5.73 Å². The normalized spacial score (nSPS) is 14.5. The summed E-state index contributed by atoms with van der Waals surface area (Å²) in [5.41, 5.74) is 4.94. The lowest BCUT2D eigenvalue weighted by Crippen LogP contribution is -2.25. The van der Waals surface area contributed by atoms with Gasteiger partial charge in [-0.25, -0.2) is 14.5 Å². The van der Waals surface area contributed by atoms with Gasteiger partial charge in [0.25, 0.3) is 5.56 Å². The third-order valence-electron chi connectivity index (χ3n) is 2.95. The quantitative estimate of drug-likeness (QED) is 0.806. The van der Waals surface area contributed by atoms with E-state index >= 15 is 0 Å². The lowest BCUT2D eigenvalue weighted by atomic mass is 10.4. The molecule has 0 aromatic carbocycles. The van der Waals surface area contributed by atoms with Crippen LogP contribution < -0.4 is 11.3 Å². The maximum absolute atomic E-state index is 12.2. The molecule has 8 nitrogen and oxygen atoms in total. The number of carbonyl (C=O) groups is 1. The highest BCUT2D eigenvalue weighted by atomic mass is 16.4. The van der Waals surface area contributed by atoms with Gasteiger partial charge in [-0.3, -0.25) is 4.79 Å². The fraction of sp³-hybridized carbons (Fsp3) is 0.273. The molecule has 0 unspecified atom stereocenters. The standard InChI is InChI=1S/C11H11N5O3/c12-7-5-16(14-8(7)11(18)19)9-10(17)15(4-3-13-9)6-1-2-6/h3-6H,1-2,12H2,(H,18,19). The van der Waals surface area contributed by atoms with E-state index in [9.17, 15) is 9.59 Å². The fourth-order valence-electron chi connectivity index (χ4n) is 1.87. The number of aromatic nitrogens is 4. The van der Waals surface area contributed by atoms with Crippen molar-refractivity contribution in [1.29, 1.82) is 0 Å². The van der Waals surface area contributed by atoms with Crippen LogP contribution in [0.2, 0.25) is 0 Å². The van der Waals surface area contributed by atoms with Gasteiger partial charge in [-0.1, -0.05) is 0 Å². The highest BCUT2D eigenvalue weighted by molar-refractivity contribution is 5.91. The number of aromatic carboxylic acids is 1. The molecule has 0 bridgehead atoms. The van der Waals surface area contributed by atoms with Gasteiger partial charge in [0.05, 0.1) is 11.9 Å². The third kappa shape index (κ3) is 1.86. The van der Waals surface area contributed by atoms with Crippen molar-refractivity contribution >= 4 is 11.7 Å². The summed E-state index contributed by atoms with van der Waals surface area (Å²) < 4.78 is 2.70. The SMILES string of the molecule is Nc1cn(-c2nccn(C3CC3)c2=O)nc1C(=O)O. The van der Waals surface area contributed by atoms with Crippen LogP contribution in [-0.4, -0.2) is 30.4 Å². The summed E-state index contributed by atoms with van der Waals surface area (Å²) in [4.78, 5) is 27.0. The van der Waals surface area contributed by atoms with Crippen LogP contribution in [0, 0.1) is 0 Å². The van der Waals surface area contributed by atoms with Gasteiger partial charge in [0, 0.05) is 18.4 Å². The fourth-order valence-corrected chi connectivity index (χ4v) is 1.87. The molecule has 1 fully saturated rings. The monoisotopic (exact) mass is 261 g/mol. The lowest BCUT2D eigenvalue weighted by Gasteiger charge is -2.04. The van der Waals surface area contributed by atoms with Gasteiger partial charge in [0.2, 0.25) is 5.82 Å². The molecule has 1 aliphatic rings. The van der Waals surface area contributed by atoms with E-state index in [0.717, 1.165) is 17.5 Å². The van der Waals surface area contributed by atoms with Crippen LogP contribution in [0.1, 0.15) is 29.4 Å². The molecule has 3 N–H and O–H groups in total. The van der Waals surface area contributed by atoms with E-state index in [1.807, 2.05) is 0 Å². The number of carboxylic acids is 1. The Balaban J connectivity index is 2.12. The Hall–Kier alpha value is -2.64. The zero-order chi connectivity index (χ0) is 13.6. The molecule has 98 valence electrons. The number of carboxylic acid groups (broad SMARTS) is 1. The molecule has 1 saturated carbocycles. The largest absolute Gasteiger partial charge is 0.476 e. The molecular weight excluding hydrogens is 250 g/mol. The second kappa shape index (κ2) is 3.94. The molecular formula is C11H11N5O3. The zero-order valence-corrected chi connectivity index (χ0v) is 9.85. The minimum absolute atomic E-state index is 0.00414. The lowest BCUT2D eigenvalue weighted by molar-refractivity contribution is 0.0691. The van der Waals surface area contributed by atoms with Gasteiger partial charge in [-0.2, -0.15) is 5.10 Å². The smallest absolute Gasteiger partial charge is 0.358 e. The second-order valence-corrected chi connectivity index (χ2v) is 4.38. The van der Waals surface area contributed by atoms with Gasteiger partial charge < -0.3 is 15.4 Å². The number of nitrogens with two attached hydrogens (primary N) is 1. The van der Waals surface area contributed by atoms with Crippen LogP contribution in [-0.2, 0) is 0 Å². The number of hydrogen-bond acceptors (Lipinski definition) is 5. The molecule has 3 rings (SSSR count). The Morgan fingerprint density at radius 2 is 2.21 bits per heavy atom. The summed E-state index contributed by atoms with van der Waals surface area (Å²) in [6.07, 6.45) is 6.32. The van der Waals surface area contributed by atoms with Crippen LogP contribution in [0.5, 0.6) is 0 Å². The highest BCUT2D eigenvalue weighted by Crippen LogP contribution is 2.33. The van der Waals surface area contributed by atoms with E-state index in [-0.39, 0.29) is 28.8 Å². The minimum Gasteiger partial charge on any atom is -0.476 e. The molecule has 2 aromatic rings. The maximum atomic E-state index is 12.2. The van der Waals surface area contributed by atoms with Crippen LogP contribution in [0.4, 0.5) is 5.69 Å². The molecule has 1 aliphatic carbocycles. The number of nitrogens with zero attached hydrogens (tertiary/aromatic N) is 4. The first-order valence-corrected chi connectivity index (χ1v) is 5.74. The van der Waals surface area contributed by atoms with Crippen LogP contribution >= 0.6 is 0 Å². The Labute approximate surface area is 107 Å². The first-order chi connectivity index (χ1) is 9.08. The van der Waals surface area contributed by atoms with Crippen molar-refractivity contribution in [2.45, 2.75) is 18.9 Å². The summed E-state index contributed by atoms with van der Waals surface area (Å²) in [5.74, 6) is -1.19. The topological polar surface area (TPSA) is 116 Å². The molecule has 8 heteroatoms. The third-order valence-corrected chi connectivity index (χ3v) is 2.95. The first-order valence-electron chi connectivity index (χ1n) is 5.74. The average Bonchev–Trinajstić information content (AvgIpc) is 3.12. The van der Waals surface area contributed by atoms with Crippen molar-refractivity contribution in [3.63, 3.8) is 0 Å². The summed E-state index contributed by atoms with van der Waals surface area (Å²) in [6, 6.07) is 0.209. The molecule has 0 radical (unpaired) electrons. The van der Waals surface area contributed by atoms with Crippen LogP contribution in [0.15, 0.2) is 23.4 Å². The summed E-state index contributed by atoms with van der Waals surface area (Å²) in [6.45, 7) is 0. The molecule has 2 aromatic heterocycles. The second-order valence-electron chi connectivity index (χ2n) is 4.38. The van der Waals surface area contributed by atoms with Gasteiger partial charge in [0.1, 0.15) is 0 Å². The van der Waals surface area contributed by atoms with Crippen molar-refractivity contribution in [1.82, 2.24) is 19.3 Å². The predicted molar refractivity (Wildman–Crippen MR) is 65.3 cm³/mol. The molecule has 0 saturated heterocycles. The van der Waals surface area contributed by atoms with Crippen molar-refractivity contribution in [3.05, 3.63) is 34.6 Å². The summed E-state index contributed by atoms with van der Waals surface area (Å²) in [5, 5.41) is 12.7. The highest BCUT2D eigenvalue weighted by Gasteiger charge is 2.26. The molecule has 0 spiro atoms. The minimum atomic E-state index is -1.24. The Kier molecular flexibility index (Phi) is 2.37. The van der Waals surface area contributed by atoms with Gasteiger partial charge >= 0.3 is 5.97 Å². The van der Waals surface area contributed by atoms with Crippen LogP contribution in [0.3, 0.4) is 0 Å². The van der Waals surface area contributed by atoms with Crippen molar-refractivity contribution in [3.8, 4) is 5.82 Å². The van der Waals surface area contributed by atoms with E-state index in [4.69, 9.17) is 10.8 Å². The molecule has 0 amide bonds. The zero-order valence-electron chi connectivity index (χ0n) is 9.85. The molecule has 19 heavy (non-hydrogen) atoms. The van der Waals surface area contributed by atoms with Crippen molar-refractivity contribution in [2.24, 2.45) is 0 Å². The molecule has 0 atom stereocenters. The van der Waals surface area contributed by atoms with Gasteiger partial charge in [-0.05, 0) is 12.8 Å². The van der Waals surface area contributed by atoms with E-state index in [2.05, 4.69) is 10.1 Å². The van der Waals surface area contributed by atoms with Gasteiger partial charge in [-0.15, -0.1) is 0 Å². The number of nitrogen functional groups attached to an aromatic ring is 1. The van der Waals surface area contributed by atoms with Crippen LogP contribution in [0.25, 0.3) is 5.82 Å². The maximum Gasteiger partial charge on any atom is 0.358 e. The Bertz CT molecular complexity index is 713. The number of rotatable bonds is 3. The average molecular weight is 261 g/mol. The van der Waals surface area contributed by atoms with E-state index in [1.165, 1.54) is 12.4 Å². The summed E-state index contributed by atoms with van der Waals surface area (Å²) >= 11 is 0. The van der Waals surface area contributed by atoms with Gasteiger partial charge in [0.15, 0.2) is 5.69 Å². The van der Waals surface area contributed by atoms with Crippen molar-refractivity contribution < 1.29 is 9.90 Å². The molecule has 0 aliphatic heterocycles. The predicted octanol–water partition coefficient (Wildman–Crippen LogP) is 0.0443. The first kappa shape index (κ1) is 11.5. The number of hydrogen-bond donors (Lipinski definition) is 2. The number of anilines is 1. The Morgan fingerprint density at radius 1 is 1.47 bits per heavy atom. The Morgan fingerprint density at radius 3 is 2.79 bits per heavy atom. The molecule has 2 heterocycles. The van der Waals surface area contributed by atoms with E-state index in [1.54, 1.807) is 10.8 Å². The van der Waals surface area contributed by atoms with E-state index < -0.39 is 5.97 Å².